The summed E-state index contributed by atoms with van der Waals surface area (Å²) in [6.45, 7) is 7.69. The molecule has 0 spiro atoms. The molecule has 0 aliphatic carbocycles. The number of benzene rings is 1. The van der Waals surface area contributed by atoms with Crippen LogP contribution in [0.4, 0.5) is 0 Å². The second-order valence-electron chi connectivity index (χ2n) is 5.43. The SMILES string of the molecule is CCOc1ccccc1-c1nn(CCC(C)C)cc1C=O. The summed E-state index contributed by atoms with van der Waals surface area (Å²) in [6, 6.07) is 7.69. The molecule has 0 aliphatic rings. The zero-order chi connectivity index (χ0) is 15.2. The molecule has 2 rings (SSSR count). The molecule has 0 fully saturated rings. The van der Waals surface area contributed by atoms with Gasteiger partial charge in [-0.05, 0) is 31.4 Å². The molecule has 0 N–H and O–H groups in total. The largest absolute Gasteiger partial charge is 0.493 e. The number of aromatic nitrogens is 2. The van der Waals surface area contributed by atoms with Crippen molar-refractivity contribution in [2.24, 2.45) is 5.92 Å². The van der Waals surface area contributed by atoms with Crippen molar-refractivity contribution in [3.63, 3.8) is 0 Å². The molecule has 0 aliphatic heterocycles. The number of hydrogen-bond donors (Lipinski definition) is 0. The fourth-order valence-electron chi connectivity index (χ4n) is 2.18. The Morgan fingerprint density at radius 2 is 2.10 bits per heavy atom. The summed E-state index contributed by atoms with van der Waals surface area (Å²) < 4.78 is 7.48. The number of aryl methyl sites for hydroxylation is 1. The van der Waals surface area contributed by atoms with Gasteiger partial charge in [0.15, 0.2) is 6.29 Å². The van der Waals surface area contributed by atoms with E-state index in [0.717, 1.165) is 30.6 Å². The summed E-state index contributed by atoms with van der Waals surface area (Å²) in [4.78, 5) is 11.3. The number of carbonyl (C=O) groups excluding carboxylic acids is 1. The van der Waals surface area contributed by atoms with Crippen molar-refractivity contribution >= 4 is 6.29 Å². The molecule has 4 nitrogen and oxygen atoms in total. The third kappa shape index (κ3) is 3.72. The molecule has 1 heterocycles. The third-order valence-electron chi connectivity index (χ3n) is 3.29. The van der Waals surface area contributed by atoms with Gasteiger partial charge in [0.25, 0.3) is 0 Å². The van der Waals surface area contributed by atoms with Crippen LogP contribution in [0.2, 0.25) is 0 Å². The van der Waals surface area contributed by atoms with Crippen molar-refractivity contribution in [3.8, 4) is 17.0 Å². The van der Waals surface area contributed by atoms with Crippen LogP contribution in [0.1, 0.15) is 37.6 Å². The highest BCUT2D eigenvalue weighted by atomic mass is 16.5. The molecular weight excluding hydrogens is 264 g/mol. The first-order chi connectivity index (χ1) is 10.2. The van der Waals surface area contributed by atoms with Crippen LogP contribution < -0.4 is 4.74 Å². The van der Waals surface area contributed by atoms with E-state index in [4.69, 9.17) is 4.74 Å². The zero-order valence-corrected chi connectivity index (χ0v) is 12.9. The Balaban J connectivity index is 2.36. The van der Waals surface area contributed by atoms with Crippen molar-refractivity contribution in [2.75, 3.05) is 6.61 Å². The number of aldehydes is 1. The average molecular weight is 286 g/mol. The van der Waals surface area contributed by atoms with E-state index in [9.17, 15) is 4.79 Å². The van der Waals surface area contributed by atoms with Crippen LogP contribution in [0.3, 0.4) is 0 Å². The fourth-order valence-corrected chi connectivity index (χ4v) is 2.18. The van der Waals surface area contributed by atoms with E-state index >= 15 is 0 Å². The highest BCUT2D eigenvalue weighted by Crippen LogP contribution is 2.30. The highest BCUT2D eigenvalue weighted by molar-refractivity contribution is 5.87. The van der Waals surface area contributed by atoms with Crippen LogP contribution in [-0.4, -0.2) is 22.7 Å². The first kappa shape index (κ1) is 15.3. The predicted molar refractivity (Wildman–Crippen MR) is 83.7 cm³/mol. The standard InChI is InChI=1S/C17H22N2O2/c1-4-21-16-8-6-5-7-15(16)17-14(12-20)11-19(18-17)10-9-13(2)3/h5-8,11-13H,4,9-10H2,1-3H3. The predicted octanol–water partition coefficient (Wildman–Crippen LogP) is 3.81. The molecule has 21 heavy (non-hydrogen) atoms. The second kappa shape index (κ2) is 7.07. The van der Waals surface area contributed by atoms with Gasteiger partial charge in [-0.25, -0.2) is 0 Å². The van der Waals surface area contributed by atoms with Gasteiger partial charge >= 0.3 is 0 Å². The lowest BCUT2D eigenvalue weighted by atomic mass is 10.1. The third-order valence-corrected chi connectivity index (χ3v) is 3.29. The maximum absolute atomic E-state index is 11.3. The molecule has 0 saturated heterocycles. The lowest BCUT2D eigenvalue weighted by molar-refractivity contribution is 0.112. The van der Waals surface area contributed by atoms with Gasteiger partial charge in [0.1, 0.15) is 11.4 Å². The lowest BCUT2D eigenvalue weighted by Gasteiger charge is -2.08. The van der Waals surface area contributed by atoms with Crippen molar-refractivity contribution < 1.29 is 9.53 Å². The molecule has 112 valence electrons. The van der Waals surface area contributed by atoms with Gasteiger partial charge < -0.3 is 4.74 Å². The van der Waals surface area contributed by atoms with E-state index in [1.165, 1.54) is 0 Å². The topological polar surface area (TPSA) is 44.1 Å². The molecule has 0 saturated carbocycles. The molecule has 0 bridgehead atoms. The maximum atomic E-state index is 11.3. The number of hydrogen-bond acceptors (Lipinski definition) is 3. The average Bonchev–Trinajstić information content (AvgIpc) is 2.89. The summed E-state index contributed by atoms with van der Waals surface area (Å²) in [5.41, 5.74) is 2.16. The van der Waals surface area contributed by atoms with Crippen LogP contribution in [0.25, 0.3) is 11.3 Å². The van der Waals surface area contributed by atoms with E-state index in [1.807, 2.05) is 42.1 Å². The van der Waals surface area contributed by atoms with Gasteiger partial charge in [-0.1, -0.05) is 26.0 Å². The zero-order valence-electron chi connectivity index (χ0n) is 12.9. The molecule has 0 atom stereocenters. The Hall–Kier alpha value is -2.10. The normalized spacial score (nSPS) is 10.9. The van der Waals surface area contributed by atoms with Gasteiger partial charge in [-0.3, -0.25) is 9.48 Å². The molecule has 4 heteroatoms. The van der Waals surface area contributed by atoms with Gasteiger partial charge in [-0.2, -0.15) is 5.10 Å². The Kier molecular flexibility index (Phi) is 5.14. The fraction of sp³-hybridized carbons (Fsp3) is 0.412. The van der Waals surface area contributed by atoms with E-state index in [0.29, 0.717) is 23.8 Å². The first-order valence-corrected chi connectivity index (χ1v) is 7.40. The number of carbonyl (C=O) groups is 1. The van der Waals surface area contributed by atoms with Crippen LogP contribution in [0.15, 0.2) is 30.5 Å². The van der Waals surface area contributed by atoms with E-state index in [2.05, 4.69) is 18.9 Å². The summed E-state index contributed by atoms with van der Waals surface area (Å²) >= 11 is 0. The minimum absolute atomic E-state index is 0.585. The van der Waals surface area contributed by atoms with E-state index < -0.39 is 0 Å². The molecule has 0 radical (unpaired) electrons. The minimum atomic E-state index is 0.585. The molecule has 1 aromatic heterocycles. The van der Waals surface area contributed by atoms with Crippen molar-refractivity contribution in [2.45, 2.75) is 33.7 Å². The Morgan fingerprint density at radius 3 is 2.76 bits per heavy atom. The van der Waals surface area contributed by atoms with Crippen LogP contribution >= 0.6 is 0 Å². The number of ether oxygens (including phenoxy) is 1. The second-order valence-corrected chi connectivity index (χ2v) is 5.43. The molecule has 0 unspecified atom stereocenters. The monoisotopic (exact) mass is 286 g/mol. The summed E-state index contributed by atoms with van der Waals surface area (Å²) in [5, 5.41) is 4.57. The first-order valence-electron chi connectivity index (χ1n) is 7.40. The van der Waals surface area contributed by atoms with Gasteiger partial charge in [0.05, 0.1) is 12.2 Å². The minimum Gasteiger partial charge on any atom is -0.493 e. The molecular formula is C17H22N2O2. The van der Waals surface area contributed by atoms with Gasteiger partial charge in [-0.15, -0.1) is 0 Å². The molecule has 2 aromatic rings. The number of para-hydroxylation sites is 1. The van der Waals surface area contributed by atoms with Crippen LogP contribution in [0, 0.1) is 5.92 Å². The summed E-state index contributed by atoms with van der Waals surface area (Å²) in [5.74, 6) is 1.37. The Labute approximate surface area is 125 Å². The smallest absolute Gasteiger partial charge is 0.153 e. The summed E-state index contributed by atoms with van der Waals surface area (Å²) in [6.07, 6.45) is 3.71. The Morgan fingerprint density at radius 1 is 1.33 bits per heavy atom. The lowest BCUT2D eigenvalue weighted by Crippen LogP contribution is -2.02. The quantitative estimate of drug-likeness (QED) is 0.727. The van der Waals surface area contributed by atoms with Crippen LogP contribution in [-0.2, 0) is 6.54 Å². The van der Waals surface area contributed by atoms with Crippen LogP contribution in [0.5, 0.6) is 5.75 Å². The Bertz CT molecular complexity index is 603. The van der Waals surface area contributed by atoms with E-state index in [1.54, 1.807) is 0 Å². The van der Waals surface area contributed by atoms with Crippen molar-refractivity contribution in [1.29, 1.82) is 0 Å². The highest BCUT2D eigenvalue weighted by Gasteiger charge is 2.14. The van der Waals surface area contributed by atoms with Gasteiger partial charge in [0, 0.05) is 18.3 Å². The van der Waals surface area contributed by atoms with E-state index in [-0.39, 0.29) is 0 Å². The number of rotatable bonds is 7. The summed E-state index contributed by atoms with van der Waals surface area (Å²) in [7, 11) is 0. The molecule has 1 aromatic carbocycles. The van der Waals surface area contributed by atoms with Gasteiger partial charge in [0.2, 0.25) is 0 Å². The maximum Gasteiger partial charge on any atom is 0.153 e. The van der Waals surface area contributed by atoms with Crippen molar-refractivity contribution in [3.05, 3.63) is 36.0 Å². The number of nitrogens with zero attached hydrogens (tertiary/aromatic N) is 2. The van der Waals surface area contributed by atoms with Crippen molar-refractivity contribution in [1.82, 2.24) is 9.78 Å². The molecule has 0 amide bonds.